The summed E-state index contributed by atoms with van der Waals surface area (Å²) in [6.07, 6.45) is 0.844. The molecule has 0 aliphatic heterocycles. The Labute approximate surface area is 59.3 Å². The van der Waals surface area contributed by atoms with Gasteiger partial charge in [0.1, 0.15) is 0 Å². The summed E-state index contributed by atoms with van der Waals surface area (Å²) in [6, 6.07) is 1.79. The molecule has 1 nitrogen and oxygen atoms in total. The Morgan fingerprint density at radius 2 is 2.22 bits per heavy atom. The van der Waals surface area contributed by atoms with Crippen molar-refractivity contribution in [2.45, 2.75) is 13.8 Å². The number of aldehydes is 1. The minimum absolute atomic E-state index is 0.769. The smallest absolute Gasteiger partial charge is 0.150 e. The van der Waals surface area contributed by atoms with E-state index < -0.39 is 0 Å². The van der Waals surface area contributed by atoms with Crippen LogP contribution in [0.5, 0.6) is 0 Å². The average molecular weight is 142 g/mol. The molecule has 0 amide bonds. The second kappa shape index (κ2) is 5.51. The van der Waals surface area contributed by atoms with Gasteiger partial charge >= 0.3 is 0 Å². The summed E-state index contributed by atoms with van der Waals surface area (Å²) in [5.41, 5.74) is 0.769. The molecular formula is C7H10OS. The first kappa shape index (κ1) is 8.37. The van der Waals surface area contributed by atoms with E-state index in [-0.39, 0.29) is 0 Å². The lowest BCUT2D eigenvalue weighted by atomic mass is 10.4. The van der Waals surface area contributed by atoms with E-state index in [1.165, 1.54) is 11.3 Å². The van der Waals surface area contributed by atoms with Gasteiger partial charge in [-0.05, 0) is 11.4 Å². The fraction of sp³-hybridized carbons (Fsp3) is 0.286. The molecular weight excluding hydrogens is 132 g/mol. The third kappa shape index (κ3) is 3.03. The maximum absolute atomic E-state index is 9.87. The van der Waals surface area contributed by atoms with Crippen molar-refractivity contribution in [2.24, 2.45) is 0 Å². The number of carbonyl (C=O) groups is 1. The van der Waals surface area contributed by atoms with Crippen molar-refractivity contribution < 1.29 is 4.79 Å². The van der Waals surface area contributed by atoms with Crippen molar-refractivity contribution in [3.05, 3.63) is 22.4 Å². The van der Waals surface area contributed by atoms with Crippen LogP contribution < -0.4 is 0 Å². The van der Waals surface area contributed by atoms with E-state index in [0.29, 0.717) is 0 Å². The maximum atomic E-state index is 9.87. The first-order valence-electron chi connectivity index (χ1n) is 2.91. The van der Waals surface area contributed by atoms with Crippen molar-refractivity contribution in [1.82, 2.24) is 0 Å². The first-order valence-corrected chi connectivity index (χ1v) is 3.85. The van der Waals surface area contributed by atoms with E-state index in [1.807, 2.05) is 24.6 Å². The number of thiophene rings is 1. The van der Waals surface area contributed by atoms with Crippen molar-refractivity contribution in [3.8, 4) is 0 Å². The van der Waals surface area contributed by atoms with Crippen LogP contribution in [0.4, 0.5) is 0 Å². The van der Waals surface area contributed by atoms with Gasteiger partial charge < -0.3 is 0 Å². The quantitative estimate of drug-likeness (QED) is 0.551. The molecule has 50 valence electrons. The summed E-state index contributed by atoms with van der Waals surface area (Å²) >= 11 is 1.53. The molecule has 2 heteroatoms. The molecule has 1 heterocycles. The number of hydrogen-bond acceptors (Lipinski definition) is 2. The number of hydrogen-bond donors (Lipinski definition) is 0. The molecule has 0 spiro atoms. The van der Waals surface area contributed by atoms with E-state index >= 15 is 0 Å². The van der Waals surface area contributed by atoms with Gasteiger partial charge in [-0.25, -0.2) is 0 Å². The van der Waals surface area contributed by atoms with E-state index in [2.05, 4.69) is 0 Å². The Morgan fingerprint density at radius 1 is 1.56 bits per heavy atom. The molecule has 0 radical (unpaired) electrons. The molecule has 0 unspecified atom stereocenters. The van der Waals surface area contributed by atoms with E-state index in [1.54, 1.807) is 6.07 Å². The second-order valence-electron chi connectivity index (χ2n) is 1.17. The van der Waals surface area contributed by atoms with Crippen molar-refractivity contribution in [1.29, 1.82) is 0 Å². The third-order valence-corrected chi connectivity index (χ3v) is 1.38. The zero-order chi connectivity index (χ0) is 7.11. The van der Waals surface area contributed by atoms with Crippen LogP contribution in [0, 0.1) is 0 Å². The summed E-state index contributed by atoms with van der Waals surface area (Å²) in [7, 11) is 0. The molecule has 0 aliphatic rings. The zero-order valence-electron chi connectivity index (χ0n) is 5.63. The highest BCUT2D eigenvalue weighted by Crippen LogP contribution is 2.00. The van der Waals surface area contributed by atoms with Gasteiger partial charge in [0, 0.05) is 10.9 Å². The molecule has 1 aromatic heterocycles. The zero-order valence-corrected chi connectivity index (χ0v) is 6.44. The molecule has 0 saturated heterocycles. The highest BCUT2D eigenvalue weighted by Gasteiger charge is 1.82. The lowest BCUT2D eigenvalue weighted by Crippen LogP contribution is -1.64. The summed E-state index contributed by atoms with van der Waals surface area (Å²) < 4.78 is 0. The van der Waals surface area contributed by atoms with Gasteiger partial charge in [-0.15, -0.1) is 0 Å². The van der Waals surface area contributed by atoms with Crippen LogP contribution in [0.2, 0.25) is 0 Å². The Bertz CT molecular complexity index is 144. The molecule has 0 atom stereocenters. The Balaban J connectivity index is 0.000000291. The van der Waals surface area contributed by atoms with Crippen LogP contribution >= 0.6 is 11.3 Å². The van der Waals surface area contributed by atoms with Gasteiger partial charge in [-0.1, -0.05) is 13.8 Å². The van der Waals surface area contributed by atoms with Crippen LogP contribution in [-0.2, 0) is 0 Å². The Hall–Kier alpha value is -0.630. The monoisotopic (exact) mass is 142 g/mol. The largest absolute Gasteiger partial charge is 0.298 e. The minimum Gasteiger partial charge on any atom is -0.298 e. The van der Waals surface area contributed by atoms with Crippen LogP contribution in [-0.4, -0.2) is 6.29 Å². The predicted octanol–water partition coefficient (Wildman–Crippen LogP) is 2.59. The number of rotatable bonds is 1. The summed E-state index contributed by atoms with van der Waals surface area (Å²) in [5.74, 6) is 0. The van der Waals surface area contributed by atoms with Crippen LogP contribution in [0.25, 0.3) is 0 Å². The summed E-state index contributed by atoms with van der Waals surface area (Å²) in [5, 5.41) is 3.69. The van der Waals surface area contributed by atoms with Crippen LogP contribution in [0.3, 0.4) is 0 Å². The molecule has 9 heavy (non-hydrogen) atoms. The lowest BCUT2D eigenvalue weighted by molar-refractivity contribution is 0.112. The topological polar surface area (TPSA) is 17.1 Å². The van der Waals surface area contributed by atoms with E-state index in [4.69, 9.17) is 0 Å². The van der Waals surface area contributed by atoms with Gasteiger partial charge in [-0.2, -0.15) is 11.3 Å². The Morgan fingerprint density at radius 3 is 2.44 bits per heavy atom. The summed E-state index contributed by atoms with van der Waals surface area (Å²) in [4.78, 5) is 9.87. The molecule has 0 fully saturated rings. The van der Waals surface area contributed by atoms with Gasteiger partial charge in [0.05, 0.1) is 0 Å². The third-order valence-electron chi connectivity index (χ3n) is 0.679. The van der Waals surface area contributed by atoms with Gasteiger partial charge in [-0.3, -0.25) is 4.79 Å². The van der Waals surface area contributed by atoms with Gasteiger partial charge in [0.15, 0.2) is 6.29 Å². The van der Waals surface area contributed by atoms with Crippen LogP contribution in [0.15, 0.2) is 16.8 Å². The SMILES string of the molecule is CC.O=Cc1ccsc1. The first-order chi connectivity index (χ1) is 4.43. The fourth-order valence-electron chi connectivity index (χ4n) is 0.342. The van der Waals surface area contributed by atoms with Gasteiger partial charge in [0.2, 0.25) is 0 Å². The van der Waals surface area contributed by atoms with Gasteiger partial charge in [0.25, 0.3) is 0 Å². The molecule has 0 aromatic carbocycles. The molecule has 0 bridgehead atoms. The van der Waals surface area contributed by atoms with Crippen molar-refractivity contribution >= 4 is 17.6 Å². The standard InChI is InChI=1S/C5H4OS.C2H6/c6-3-5-1-2-7-4-5;1-2/h1-4H;1-2H3. The van der Waals surface area contributed by atoms with Crippen LogP contribution in [0.1, 0.15) is 24.2 Å². The molecule has 0 aliphatic carbocycles. The molecule has 0 N–H and O–H groups in total. The second-order valence-corrected chi connectivity index (χ2v) is 1.95. The molecule has 1 aromatic rings. The lowest BCUT2D eigenvalue weighted by Gasteiger charge is -1.65. The fourth-order valence-corrected chi connectivity index (χ4v) is 0.948. The normalized spacial score (nSPS) is 7.33. The average Bonchev–Trinajstić information content (AvgIpc) is 2.43. The minimum atomic E-state index is 0.769. The Kier molecular flexibility index (Phi) is 5.12. The van der Waals surface area contributed by atoms with Crippen molar-refractivity contribution in [3.63, 3.8) is 0 Å². The van der Waals surface area contributed by atoms with Crippen molar-refractivity contribution in [2.75, 3.05) is 0 Å². The highest BCUT2D eigenvalue weighted by molar-refractivity contribution is 7.08. The highest BCUT2D eigenvalue weighted by atomic mass is 32.1. The molecule has 0 saturated carbocycles. The maximum Gasteiger partial charge on any atom is 0.150 e. The van der Waals surface area contributed by atoms with E-state index in [9.17, 15) is 4.79 Å². The van der Waals surface area contributed by atoms with E-state index in [0.717, 1.165) is 11.8 Å². The number of carbonyl (C=O) groups excluding carboxylic acids is 1. The predicted molar refractivity (Wildman–Crippen MR) is 41.1 cm³/mol. The summed E-state index contributed by atoms with van der Waals surface area (Å²) in [6.45, 7) is 4.00. The molecule has 1 rings (SSSR count).